The normalized spacial score (nSPS) is 13.2. The van der Waals surface area contributed by atoms with Gasteiger partial charge in [-0.25, -0.2) is 0 Å². The maximum atomic E-state index is 12.3. The quantitative estimate of drug-likeness (QED) is 0.449. The van der Waals surface area contributed by atoms with Crippen molar-refractivity contribution in [2.75, 3.05) is 6.54 Å². The van der Waals surface area contributed by atoms with Crippen LogP contribution in [0.1, 0.15) is 13.3 Å². The summed E-state index contributed by atoms with van der Waals surface area (Å²) in [4.78, 5) is 10.5. The number of allylic oxidation sites excluding steroid dienone is 1. The summed E-state index contributed by atoms with van der Waals surface area (Å²) in [6.07, 6.45) is -2.52. The lowest BCUT2D eigenvalue weighted by Crippen LogP contribution is -2.50. The van der Waals surface area contributed by atoms with Crippen LogP contribution in [-0.2, 0) is 4.79 Å². The van der Waals surface area contributed by atoms with Gasteiger partial charge in [-0.1, -0.05) is 12.2 Å². The van der Waals surface area contributed by atoms with E-state index in [0.717, 1.165) is 0 Å². The number of carbonyl (C=O) groups excluding carboxylic acids is 1. The fourth-order valence-corrected chi connectivity index (χ4v) is 0.675. The van der Waals surface area contributed by atoms with Crippen molar-refractivity contribution in [3.8, 4) is 0 Å². The molecule has 88 valence electrons. The molecule has 0 saturated carbocycles. The lowest BCUT2D eigenvalue weighted by molar-refractivity contribution is -0.269. The molecule has 0 fully saturated rings. The van der Waals surface area contributed by atoms with Gasteiger partial charge in [-0.3, -0.25) is 4.79 Å². The summed E-state index contributed by atoms with van der Waals surface area (Å²) >= 11 is 0. The van der Waals surface area contributed by atoms with Gasteiger partial charge in [0.2, 0.25) is 0 Å². The third-order valence-electron chi connectivity index (χ3n) is 1.47. The molecule has 0 heterocycles. The van der Waals surface area contributed by atoms with Gasteiger partial charge in [-0.2, -0.15) is 22.0 Å². The minimum Gasteiger partial charge on any atom is -0.350 e. The van der Waals surface area contributed by atoms with E-state index in [9.17, 15) is 26.7 Å². The van der Waals surface area contributed by atoms with Crippen LogP contribution in [0.25, 0.3) is 0 Å². The fourth-order valence-electron chi connectivity index (χ4n) is 0.675. The Bertz CT molecular complexity index is 246. The number of hydrogen-bond donors (Lipinski definition) is 1. The van der Waals surface area contributed by atoms with Crippen molar-refractivity contribution in [2.24, 2.45) is 0 Å². The summed E-state index contributed by atoms with van der Waals surface area (Å²) in [7, 11) is 0. The summed E-state index contributed by atoms with van der Waals surface area (Å²) < 4.78 is 59.5. The van der Waals surface area contributed by atoms with Crippen molar-refractivity contribution in [1.29, 1.82) is 0 Å². The maximum Gasteiger partial charge on any atom is 0.463 e. The molecule has 1 amide bonds. The summed E-state index contributed by atoms with van der Waals surface area (Å²) in [5.41, 5.74) is 0. The summed E-state index contributed by atoms with van der Waals surface area (Å²) in [6.45, 7) is 1.40. The molecule has 0 aromatic carbocycles. The Kier molecular flexibility index (Phi) is 4.70. The highest BCUT2D eigenvalue weighted by atomic mass is 19.4. The van der Waals surface area contributed by atoms with Crippen molar-refractivity contribution in [3.05, 3.63) is 12.2 Å². The first-order chi connectivity index (χ1) is 6.73. The van der Waals surface area contributed by atoms with Gasteiger partial charge in [-0.15, -0.1) is 0 Å². The van der Waals surface area contributed by atoms with Gasteiger partial charge in [0.25, 0.3) is 5.91 Å². The number of amides is 1. The first kappa shape index (κ1) is 13.9. The molecule has 0 rings (SSSR count). The van der Waals surface area contributed by atoms with Crippen molar-refractivity contribution < 1.29 is 26.7 Å². The van der Waals surface area contributed by atoms with E-state index in [0.29, 0.717) is 0 Å². The van der Waals surface area contributed by atoms with Gasteiger partial charge in [0.05, 0.1) is 0 Å². The molecule has 0 radical (unpaired) electrons. The Labute approximate surface area is 83.1 Å². The smallest absolute Gasteiger partial charge is 0.350 e. The molecule has 0 aliphatic heterocycles. The van der Waals surface area contributed by atoms with E-state index in [-0.39, 0.29) is 13.0 Å². The molecular weight excluding hydrogens is 221 g/mol. The molecule has 0 aliphatic rings. The van der Waals surface area contributed by atoms with E-state index in [1.807, 2.05) is 0 Å². The van der Waals surface area contributed by atoms with Crippen molar-refractivity contribution in [1.82, 2.24) is 5.32 Å². The summed E-state index contributed by atoms with van der Waals surface area (Å²) in [5.74, 6) is -7.65. The molecule has 1 N–H and O–H groups in total. The van der Waals surface area contributed by atoms with E-state index in [2.05, 4.69) is 0 Å². The van der Waals surface area contributed by atoms with Crippen molar-refractivity contribution in [2.45, 2.75) is 25.4 Å². The van der Waals surface area contributed by atoms with Crippen LogP contribution in [0.4, 0.5) is 22.0 Å². The highest BCUT2D eigenvalue weighted by Gasteiger charge is 2.63. The van der Waals surface area contributed by atoms with Crippen LogP contribution < -0.4 is 5.32 Å². The van der Waals surface area contributed by atoms with E-state index in [4.69, 9.17) is 0 Å². The Balaban J connectivity index is 4.21. The SMILES string of the molecule is C/C=C/CCNC(=O)C(F)(F)C(F)(F)F. The Morgan fingerprint density at radius 2 is 1.80 bits per heavy atom. The molecule has 0 saturated heterocycles. The van der Waals surface area contributed by atoms with Crippen LogP contribution in [0.15, 0.2) is 12.2 Å². The number of carbonyl (C=O) groups is 1. The molecular formula is C8H10F5NO. The molecule has 0 atom stereocenters. The second-order valence-electron chi connectivity index (χ2n) is 2.69. The van der Waals surface area contributed by atoms with Crippen LogP contribution in [0.2, 0.25) is 0 Å². The first-order valence-electron chi connectivity index (χ1n) is 4.07. The minimum atomic E-state index is -5.85. The second-order valence-corrected chi connectivity index (χ2v) is 2.69. The van der Waals surface area contributed by atoms with Gasteiger partial charge in [0.15, 0.2) is 0 Å². The van der Waals surface area contributed by atoms with Gasteiger partial charge < -0.3 is 5.32 Å². The third-order valence-corrected chi connectivity index (χ3v) is 1.47. The molecule has 0 bridgehead atoms. The number of nitrogens with one attached hydrogen (secondary N) is 1. The van der Waals surface area contributed by atoms with E-state index in [1.165, 1.54) is 11.4 Å². The molecule has 15 heavy (non-hydrogen) atoms. The molecule has 0 spiro atoms. The van der Waals surface area contributed by atoms with Crippen molar-refractivity contribution >= 4 is 5.91 Å². The van der Waals surface area contributed by atoms with E-state index < -0.39 is 18.0 Å². The van der Waals surface area contributed by atoms with Gasteiger partial charge in [-0.05, 0) is 13.3 Å². The molecule has 0 aromatic rings. The van der Waals surface area contributed by atoms with Gasteiger partial charge >= 0.3 is 12.1 Å². The Morgan fingerprint density at radius 3 is 2.20 bits per heavy atom. The van der Waals surface area contributed by atoms with Crippen LogP contribution >= 0.6 is 0 Å². The molecule has 0 unspecified atom stereocenters. The molecule has 0 aromatic heterocycles. The Morgan fingerprint density at radius 1 is 1.27 bits per heavy atom. The van der Waals surface area contributed by atoms with E-state index >= 15 is 0 Å². The topological polar surface area (TPSA) is 29.1 Å². The fraction of sp³-hybridized carbons (Fsp3) is 0.625. The number of alkyl halides is 5. The average molecular weight is 231 g/mol. The summed E-state index contributed by atoms with van der Waals surface area (Å²) in [5, 5.41) is 1.50. The van der Waals surface area contributed by atoms with Crippen LogP contribution in [-0.4, -0.2) is 24.6 Å². The molecule has 7 heteroatoms. The monoisotopic (exact) mass is 231 g/mol. The van der Waals surface area contributed by atoms with Crippen LogP contribution in [0, 0.1) is 0 Å². The van der Waals surface area contributed by atoms with Crippen LogP contribution in [0.5, 0.6) is 0 Å². The van der Waals surface area contributed by atoms with Gasteiger partial charge in [0.1, 0.15) is 0 Å². The third kappa shape index (κ3) is 3.85. The Hall–Kier alpha value is -1.14. The predicted molar refractivity (Wildman–Crippen MR) is 43.4 cm³/mol. The minimum absolute atomic E-state index is 0.205. The highest BCUT2D eigenvalue weighted by molar-refractivity contribution is 5.84. The van der Waals surface area contributed by atoms with Crippen LogP contribution in [0.3, 0.4) is 0 Å². The highest BCUT2D eigenvalue weighted by Crippen LogP contribution is 2.35. The summed E-state index contributed by atoms with van der Waals surface area (Å²) in [6, 6.07) is 0. The lowest BCUT2D eigenvalue weighted by atomic mass is 10.3. The maximum absolute atomic E-state index is 12.3. The standard InChI is InChI=1S/C8H10F5NO/c1-2-3-4-5-14-6(15)7(9,10)8(11,12)13/h2-3H,4-5H2,1H3,(H,14,15)/b3-2+. The second kappa shape index (κ2) is 5.09. The zero-order valence-electron chi connectivity index (χ0n) is 7.87. The van der Waals surface area contributed by atoms with E-state index in [1.54, 1.807) is 13.0 Å². The lowest BCUT2D eigenvalue weighted by Gasteiger charge is -2.18. The molecule has 0 aliphatic carbocycles. The first-order valence-corrected chi connectivity index (χ1v) is 4.07. The van der Waals surface area contributed by atoms with Gasteiger partial charge in [0, 0.05) is 6.54 Å². The average Bonchev–Trinajstić information content (AvgIpc) is 2.10. The zero-order chi connectivity index (χ0) is 12.1. The molecule has 2 nitrogen and oxygen atoms in total. The number of rotatable bonds is 4. The zero-order valence-corrected chi connectivity index (χ0v) is 7.87. The largest absolute Gasteiger partial charge is 0.463 e. The predicted octanol–water partition coefficient (Wildman–Crippen LogP) is 2.27. The number of hydrogen-bond acceptors (Lipinski definition) is 1. The van der Waals surface area contributed by atoms with Crippen molar-refractivity contribution in [3.63, 3.8) is 0 Å². The number of halogens is 5.